The van der Waals surface area contributed by atoms with Crippen LogP contribution in [-0.4, -0.2) is 10.8 Å². The molecule has 0 aliphatic rings. The third-order valence-corrected chi connectivity index (χ3v) is 5.42. The quantitative estimate of drug-likeness (QED) is 0.232. The summed E-state index contributed by atoms with van der Waals surface area (Å²) in [6.07, 6.45) is 1.89. The van der Waals surface area contributed by atoms with Gasteiger partial charge in [0.05, 0.1) is 23.1 Å². The van der Waals surface area contributed by atoms with Gasteiger partial charge in [-0.2, -0.15) is 5.10 Å². The molecule has 0 radical (unpaired) electrons. The lowest BCUT2D eigenvalue weighted by Crippen LogP contribution is -1.98. The van der Waals surface area contributed by atoms with Crippen LogP contribution in [0.3, 0.4) is 0 Å². The fourth-order valence-corrected chi connectivity index (χ4v) is 4.04. The molecule has 0 aliphatic heterocycles. The highest BCUT2D eigenvalue weighted by Gasteiger charge is 2.18. The molecule has 1 aromatic heterocycles. The van der Waals surface area contributed by atoms with Crippen LogP contribution < -0.4 is 5.43 Å². The number of nitrogens with one attached hydrogen (secondary N) is 1. The molecular weight excluding hydrogens is 402 g/mol. The summed E-state index contributed by atoms with van der Waals surface area (Å²) in [4.78, 5) is 0. The Labute approximate surface area is 186 Å². The SMILES string of the molecule is Clc1cccc(NN=Cc2c(-c3ccccc3)n(-c3ccccc3)c3ccccc23)c1. The molecule has 0 saturated carbocycles. The van der Waals surface area contributed by atoms with Crippen molar-refractivity contribution in [2.75, 3.05) is 5.43 Å². The predicted octanol–water partition coefficient (Wildman–Crippen LogP) is 7.40. The van der Waals surface area contributed by atoms with E-state index in [1.54, 1.807) is 0 Å². The monoisotopic (exact) mass is 421 g/mol. The van der Waals surface area contributed by atoms with E-state index >= 15 is 0 Å². The lowest BCUT2D eigenvalue weighted by molar-refractivity contribution is 1.13. The predicted molar refractivity (Wildman–Crippen MR) is 131 cm³/mol. The number of anilines is 1. The fraction of sp³-hybridized carbons (Fsp3) is 0. The number of nitrogens with zero attached hydrogens (tertiary/aromatic N) is 2. The molecule has 0 aliphatic carbocycles. The molecule has 0 fully saturated rings. The third-order valence-electron chi connectivity index (χ3n) is 5.19. The molecule has 3 nitrogen and oxygen atoms in total. The molecule has 0 amide bonds. The molecule has 31 heavy (non-hydrogen) atoms. The number of benzene rings is 4. The molecule has 150 valence electrons. The molecule has 0 unspecified atom stereocenters. The van der Waals surface area contributed by atoms with Crippen molar-refractivity contribution in [3.05, 3.63) is 120 Å². The van der Waals surface area contributed by atoms with Crippen LogP contribution in [0.1, 0.15) is 5.56 Å². The Morgan fingerprint density at radius 3 is 2.23 bits per heavy atom. The van der Waals surface area contributed by atoms with E-state index in [1.165, 1.54) is 0 Å². The number of hydrogen-bond acceptors (Lipinski definition) is 2. The van der Waals surface area contributed by atoms with E-state index in [0.717, 1.165) is 39.1 Å². The Morgan fingerprint density at radius 1 is 0.742 bits per heavy atom. The number of halogens is 1. The molecule has 0 atom stereocenters. The summed E-state index contributed by atoms with van der Waals surface area (Å²) in [5.41, 5.74) is 9.48. The van der Waals surface area contributed by atoms with Gasteiger partial charge in [0.15, 0.2) is 0 Å². The summed E-state index contributed by atoms with van der Waals surface area (Å²) >= 11 is 6.10. The van der Waals surface area contributed by atoms with Crippen molar-refractivity contribution in [3.8, 4) is 16.9 Å². The van der Waals surface area contributed by atoms with E-state index in [-0.39, 0.29) is 0 Å². The van der Waals surface area contributed by atoms with Gasteiger partial charge in [0, 0.05) is 21.7 Å². The first-order valence-electron chi connectivity index (χ1n) is 10.1. The Morgan fingerprint density at radius 2 is 1.45 bits per heavy atom. The zero-order chi connectivity index (χ0) is 21.0. The van der Waals surface area contributed by atoms with Gasteiger partial charge in [0.1, 0.15) is 0 Å². The molecule has 0 spiro atoms. The van der Waals surface area contributed by atoms with Crippen LogP contribution in [0.2, 0.25) is 5.02 Å². The number of para-hydroxylation sites is 2. The van der Waals surface area contributed by atoms with Crippen LogP contribution in [0.15, 0.2) is 114 Å². The van der Waals surface area contributed by atoms with E-state index in [2.05, 4.69) is 87.9 Å². The number of fused-ring (bicyclic) bond motifs is 1. The maximum absolute atomic E-state index is 6.10. The molecule has 5 aromatic rings. The molecule has 4 aromatic carbocycles. The average molecular weight is 422 g/mol. The largest absolute Gasteiger partial charge is 0.309 e. The van der Waals surface area contributed by atoms with Crippen molar-refractivity contribution in [3.63, 3.8) is 0 Å². The van der Waals surface area contributed by atoms with Gasteiger partial charge in [-0.1, -0.05) is 84.4 Å². The van der Waals surface area contributed by atoms with E-state index in [0.29, 0.717) is 5.02 Å². The number of aromatic nitrogens is 1. The van der Waals surface area contributed by atoms with Gasteiger partial charge in [-0.3, -0.25) is 5.43 Å². The summed E-state index contributed by atoms with van der Waals surface area (Å²) in [6.45, 7) is 0. The van der Waals surface area contributed by atoms with Gasteiger partial charge >= 0.3 is 0 Å². The van der Waals surface area contributed by atoms with Crippen LogP contribution in [0.4, 0.5) is 5.69 Å². The average Bonchev–Trinajstić information content (AvgIpc) is 3.15. The Bertz CT molecular complexity index is 1360. The van der Waals surface area contributed by atoms with Crippen LogP contribution in [0, 0.1) is 0 Å². The minimum atomic E-state index is 0.672. The summed E-state index contributed by atoms with van der Waals surface area (Å²) in [5, 5.41) is 6.36. The van der Waals surface area contributed by atoms with Crippen molar-refractivity contribution in [1.82, 2.24) is 4.57 Å². The van der Waals surface area contributed by atoms with E-state index < -0.39 is 0 Å². The lowest BCUT2D eigenvalue weighted by atomic mass is 10.1. The highest BCUT2D eigenvalue weighted by atomic mass is 35.5. The van der Waals surface area contributed by atoms with Gasteiger partial charge < -0.3 is 4.57 Å². The van der Waals surface area contributed by atoms with Crippen molar-refractivity contribution in [2.45, 2.75) is 0 Å². The topological polar surface area (TPSA) is 29.3 Å². The molecule has 1 N–H and O–H groups in total. The highest BCUT2D eigenvalue weighted by Crippen LogP contribution is 2.35. The van der Waals surface area contributed by atoms with Gasteiger partial charge in [-0.15, -0.1) is 0 Å². The van der Waals surface area contributed by atoms with Crippen molar-refractivity contribution in [1.29, 1.82) is 0 Å². The van der Waals surface area contributed by atoms with E-state index in [1.807, 2.05) is 42.6 Å². The fourth-order valence-electron chi connectivity index (χ4n) is 3.85. The highest BCUT2D eigenvalue weighted by molar-refractivity contribution is 6.30. The molecule has 0 bridgehead atoms. The van der Waals surface area contributed by atoms with Crippen molar-refractivity contribution >= 4 is 34.4 Å². The van der Waals surface area contributed by atoms with E-state index in [4.69, 9.17) is 11.6 Å². The maximum atomic E-state index is 6.10. The minimum Gasteiger partial charge on any atom is -0.309 e. The lowest BCUT2D eigenvalue weighted by Gasteiger charge is -2.12. The smallest absolute Gasteiger partial charge is 0.0629 e. The van der Waals surface area contributed by atoms with Gasteiger partial charge in [0.25, 0.3) is 0 Å². The zero-order valence-electron chi connectivity index (χ0n) is 16.7. The normalized spacial score (nSPS) is 11.3. The summed E-state index contributed by atoms with van der Waals surface area (Å²) in [7, 11) is 0. The second kappa shape index (κ2) is 8.50. The number of rotatable bonds is 5. The summed E-state index contributed by atoms with van der Waals surface area (Å²) < 4.78 is 2.30. The summed E-state index contributed by atoms with van der Waals surface area (Å²) in [5.74, 6) is 0. The molecule has 4 heteroatoms. The first kappa shape index (κ1) is 19.2. The second-order valence-corrected chi connectivity index (χ2v) is 7.63. The van der Waals surface area contributed by atoms with Crippen molar-refractivity contribution in [2.24, 2.45) is 5.10 Å². The van der Waals surface area contributed by atoms with Gasteiger partial charge in [-0.05, 0) is 42.0 Å². The standard InChI is InChI=1S/C27H20ClN3/c28-21-12-9-13-22(18-21)30-29-19-25-24-16-7-8-17-26(24)31(23-14-5-2-6-15-23)27(25)20-10-3-1-4-11-20/h1-19,30H. The molecular formula is C27H20ClN3. The Balaban J connectivity index is 1.71. The molecule has 1 heterocycles. The zero-order valence-corrected chi connectivity index (χ0v) is 17.5. The second-order valence-electron chi connectivity index (χ2n) is 7.20. The first-order valence-corrected chi connectivity index (χ1v) is 10.5. The maximum Gasteiger partial charge on any atom is 0.0629 e. The van der Waals surface area contributed by atoms with Crippen LogP contribution in [-0.2, 0) is 0 Å². The van der Waals surface area contributed by atoms with Crippen molar-refractivity contribution < 1.29 is 0 Å². The summed E-state index contributed by atoms with van der Waals surface area (Å²) in [6, 6.07) is 36.8. The van der Waals surface area contributed by atoms with Crippen LogP contribution in [0.25, 0.3) is 27.8 Å². The Kier molecular flexibility index (Phi) is 5.26. The molecule has 5 rings (SSSR count). The van der Waals surface area contributed by atoms with Crippen LogP contribution in [0.5, 0.6) is 0 Å². The Hall–Kier alpha value is -3.82. The minimum absolute atomic E-state index is 0.672. The first-order chi connectivity index (χ1) is 15.3. The van der Waals surface area contributed by atoms with Crippen LogP contribution >= 0.6 is 11.6 Å². The van der Waals surface area contributed by atoms with Gasteiger partial charge in [-0.25, -0.2) is 0 Å². The number of hydrazone groups is 1. The molecule has 0 saturated heterocycles. The third kappa shape index (κ3) is 3.83. The number of hydrogen-bond donors (Lipinski definition) is 1. The van der Waals surface area contributed by atoms with E-state index in [9.17, 15) is 0 Å². The van der Waals surface area contributed by atoms with Gasteiger partial charge in [0.2, 0.25) is 0 Å².